The second-order valence-electron chi connectivity index (χ2n) is 6.01. The summed E-state index contributed by atoms with van der Waals surface area (Å²) >= 11 is 0. The summed E-state index contributed by atoms with van der Waals surface area (Å²) in [5, 5.41) is 0. The van der Waals surface area contributed by atoms with Gasteiger partial charge in [-0.05, 0) is 41.3 Å². The second-order valence-corrected chi connectivity index (χ2v) is 6.01. The van der Waals surface area contributed by atoms with Crippen LogP contribution in [-0.4, -0.2) is 5.91 Å². The molecule has 0 N–H and O–H groups in total. The Hall–Kier alpha value is -2.30. The number of rotatable bonds is 2. The zero-order valence-electron chi connectivity index (χ0n) is 12.8. The number of alkyl halides is 3. The van der Waals surface area contributed by atoms with Crippen molar-refractivity contribution in [3.05, 3.63) is 64.7 Å². The molecule has 0 radical (unpaired) electrons. The number of fused-ring (bicyclic) bond motifs is 1. The van der Waals surface area contributed by atoms with Crippen LogP contribution in [0.3, 0.4) is 0 Å². The molecule has 0 unspecified atom stereocenters. The van der Waals surface area contributed by atoms with Crippen LogP contribution in [0.2, 0.25) is 0 Å². The Morgan fingerprint density at radius 3 is 2.26 bits per heavy atom. The van der Waals surface area contributed by atoms with Crippen molar-refractivity contribution in [2.45, 2.75) is 32.5 Å². The van der Waals surface area contributed by atoms with Gasteiger partial charge in [-0.25, -0.2) is 0 Å². The summed E-state index contributed by atoms with van der Waals surface area (Å²) < 4.78 is 38.4. The van der Waals surface area contributed by atoms with E-state index < -0.39 is 11.7 Å². The molecule has 2 aromatic rings. The van der Waals surface area contributed by atoms with Crippen molar-refractivity contribution in [2.75, 3.05) is 4.90 Å². The third kappa shape index (κ3) is 2.83. The summed E-state index contributed by atoms with van der Waals surface area (Å²) in [6.07, 6.45) is -4.44. The maximum atomic E-state index is 12.8. The Labute approximate surface area is 132 Å². The van der Waals surface area contributed by atoms with Crippen LogP contribution in [-0.2, 0) is 12.7 Å². The highest BCUT2D eigenvalue weighted by atomic mass is 19.4. The van der Waals surface area contributed by atoms with Crippen LogP contribution >= 0.6 is 0 Å². The molecule has 0 fully saturated rings. The van der Waals surface area contributed by atoms with Crippen LogP contribution in [0.15, 0.2) is 42.5 Å². The number of carbonyl (C=O) groups excluding carboxylic acids is 1. The van der Waals surface area contributed by atoms with Gasteiger partial charge in [0.25, 0.3) is 5.91 Å². The molecule has 0 spiro atoms. The van der Waals surface area contributed by atoms with Crippen LogP contribution < -0.4 is 4.90 Å². The van der Waals surface area contributed by atoms with Crippen LogP contribution in [0.5, 0.6) is 0 Å². The van der Waals surface area contributed by atoms with Crippen molar-refractivity contribution in [3.63, 3.8) is 0 Å². The van der Waals surface area contributed by atoms with Gasteiger partial charge >= 0.3 is 6.18 Å². The predicted octanol–water partition coefficient (Wildman–Crippen LogP) is 4.99. The van der Waals surface area contributed by atoms with Crippen LogP contribution in [0, 0.1) is 0 Å². The molecule has 1 aliphatic rings. The summed E-state index contributed by atoms with van der Waals surface area (Å²) in [5.41, 5.74) is 1.81. The molecule has 0 aliphatic carbocycles. The molecule has 0 bridgehead atoms. The maximum absolute atomic E-state index is 12.8. The van der Waals surface area contributed by atoms with Gasteiger partial charge in [0.1, 0.15) is 0 Å². The first kappa shape index (κ1) is 15.6. The fourth-order valence-corrected chi connectivity index (χ4v) is 2.73. The monoisotopic (exact) mass is 319 g/mol. The molecule has 120 valence electrons. The normalized spacial score (nSPS) is 14.5. The van der Waals surface area contributed by atoms with Gasteiger partial charge in [0.2, 0.25) is 0 Å². The van der Waals surface area contributed by atoms with Gasteiger partial charge in [0.15, 0.2) is 0 Å². The summed E-state index contributed by atoms with van der Waals surface area (Å²) in [4.78, 5) is 14.0. The van der Waals surface area contributed by atoms with Crippen LogP contribution in [0.4, 0.5) is 18.9 Å². The Morgan fingerprint density at radius 1 is 1.04 bits per heavy atom. The summed E-state index contributed by atoms with van der Waals surface area (Å²) in [6.45, 7) is 4.45. The zero-order chi connectivity index (χ0) is 16.8. The highest BCUT2D eigenvalue weighted by Gasteiger charge is 2.35. The molecule has 3 rings (SSSR count). The van der Waals surface area contributed by atoms with Gasteiger partial charge in [-0.1, -0.05) is 32.0 Å². The van der Waals surface area contributed by atoms with Crippen molar-refractivity contribution < 1.29 is 18.0 Å². The number of hydrogen-bond donors (Lipinski definition) is 0. The maximum Gasteiger partial charge on any atom is 0.416 e. The van der Waals surface area contributed by atoms with Gasteiger partial charge in [-0.15, -0.1) is 0 Å². The standard InChI is InChI=1S/C18H16F3NO/c1-11(2)12-4-7-15(8-5-12)22-10-13-3-6-14(18(19,20)21)9-16(13)17(22)23/h3-9,11H,10H2,1-2H3. The molecule has 1 amide bonds. The van der Waals surface area contributed by atoms with Gasteiger partial charge in [-0.2, -0.15) is 13.2 Å². The first-order valence-electron chi connectivity index (χ1n) is 7.39. The van der Waals surface area contributed by atoms with Gasteiger partial charge in [0, 0.05) is 11.3 Å². The molecule has 1 heterocycles. The van der Waals surface area contributed by atoms with E-state index in [0.29, 0.717) is 23.7 Å². The summed E-state index contributed by atoms with van der Waals surface area (Å²) in [6, 6.07) is 10.9. The first-order valence-corrected chi connectivity index (χ1v) is 7.39. The molecule has 0 saturated heterocycles. The van der Waals surface area contributed by atoms with Crippen molar-refractivity contribution in [1.82, 2.24) is 0 Å². The molecular weight excluding hydrogens is 303 g/mol. The zero-order valence-corrected chi connectivity index (χ0v) is 12.8. The van der Waals surface area contributed by atoms with Crippen molar-refractivity contribution >= 4 is 11.6 Å². The highest BCUT2D eigenvalue weighted by molar-refractivity contribution is 6.10. The highest BCUT2D eigenvalue weighted by Crippen LogP contribution is 2.35. The van der Waals surface area contributed by atoms with Crippen LogP contribution in [0.25, 0.3) is 0 Å². The topological polar surface area (TPSA) is 20.3 Å². The van der Waals surface area contributed by atoms with Crippen LogP contribution in [0.1, 0.15) is 46.8 Å². The quantitative estimate of drug-likeness (QED) is 0.763. The predicted molar refractivity (Wildman–Crippen MR) is 82.5 cm³/mol. The molecule has 0 aromatic heterocycles. The van der Waals surface area contributed by atoms with Crippen molar-refractivity contribution in [1.29, 1.82) is 0 Å². The smallest absolute Gasteiger partial charge is 0.304 e. The van der Waals surface area contributed by atoms with E-state index in [1.165, 1.54) is 11.0 Å². The molecule has 2 aromatic carbocycles. The third-order valence-electron chi connectivity index (χ3n) is 4.11. The lowest BCUT2D eigenvalue weighted by molar-refractivity contribution is -0.137. The van der Waals surface area contributed by atoms with E-state index in [1.807, 2.05) is 24.3 Å². The number of benzene rings is 2. The molecule has 2 nitrogen and oxygen atoms in total. The number of anilines is 1. The number of halogens is 3. The molecule has 5 heteroatoms. The lowest BCUT2D eigenvalue weighted by atomic mass is 10.0. The number of carbonyl (C=O) groups is 1. The number of nitrogens with zero attached hydrogens (tertiary/aromatic N) is 1. The molecule has 0 saturated carbocycles. The van der Waals surface area contributed by atoms with E-state index in [0.717, 1.165) is 17.7 Å². The van der Waals surface area contributed by atoms with Crippen molar-refractivity contribution in [3.8, 4) is 0 Å². The Bertz CT molecular complexity index is 748. The van der Waals surface area contributed by atoms with Crippen molar-refractivity contribution in [2.24, 2.45) is 0 Å². The second kappa shape index (κ2) is 5.41. The lowest BCUT2D eigenvalue weighted by Crippen LogP contribution is -2.23. The molecule has 1 aliphatic heterocycles. The first-order chi connectivity index (χ1) is 10.8. The fraction of sp³-hybridized carbons (Fsp3) is 0.278. The van der Waals surface area contributed by atoms with E-state index in [-0.39, 0.29) is 11.5 Å². The largest absolute Gasteiger partial charge is 0.416 e. The number of hydrogen-bond acceptors (Lipinski definition) is 1. The van der Waals surface area contributed by atoms with E-state index in [4.69, 9.17) is 0 Å². The molecule has 23 heavy (non-hydrogen) atoms. The Kier molecular flexibility index (Phi) is 3.66. The fourth-order valence-electron chi connectivity index (χ4n) is 2.73. The average molecular weight is 319 g/mol. The number of amides is 1. The molecular formula is C18H16F3NO. The minimum Gasteiger partial charge on any atom is -0.304 e. The van der Waals surface area contributed by atoms with E-state index in [9.17, 15) is 18.0 Å². The minimum atomic E-state index is -4.44. The Balaban J connectivity index is 1.91. The van der Waals surface area contributed by atoms with Gasteiger partial charge in [0.05, 0.1) is 12.1 Å². The van der Waals surface area contributed by atoms with E-state index in [2.05, 4.69) is 13.8 Å². The Morgan fingerprint density at radius 2 is 1.70 bits per heavy atom. The minimum absolute atomic E-state index is 0.132. The molecule has 0 atom stereocenters. The average Bonchev–Trinajstić information content (AvgIpc) is 2.83. The van der Waals surface area contributed by atoms with E-state index in [1.54, 1.807) is 0 Å². The third-order valence-corrected chi connectivity index (χ3v) is 4.11. The van der Waals surface area contributed by atoms with Gasteiger partial charge in [-0.3, -0.25) is 4.79 Å². The summed E-state index contributed by atoms with van der Waals surface area (Å²) in [7, 11) is 0. The summed E-state index contributed by atoms with van der Waals surface area (Å²) in [5.74, 6) is -0.00623. The lowest BCUT2D eigenvalue weighted by Gasteiger charge is -2.16. The SMILES string of the molecule is CC(C)c1ccc(N2Cc3ccc(C(F)(F)F)cc3C2=O)cc1. The van der Waals surface area contributed by atoms with Gasteiger partial charge < -0.3 is 4.90 Å². The van der Waals surface area contributed by atoms with E-state index >= 15 is 0 Å².